The van der Waals surface area contributed by atoms with Crippen LogP contribution in [-0.2, 0) is 9.47 Å². The van der Waals surface area contributed by atoms with Crippen LogP contribution in [0.5, 0.6) is 0 Å². The van der Waals surface area contributed by atoms with Crippen molar-refractivity contribution in [1.82, 2.24) is 0 Å². The number of hydrogen-bond acceptors (Lipinski definition) is 2. The van der Waals surface area contributed by atoms with Crippen LogP contribution in [0, 0.1) is 0 Å². The summed E-state index contributed by atoms with van der Waals surface area (Å²) in [6, 6.07) is 0. The Bertz CT molecular complexity index is 150. The molecule has 0 radical (unpaired) electrons. The molecule has 0 aromatic rings. The van der Waals surface area contributed by atoms with E-state index in [1.165, 1.54) is 0 Å². The number of allylic oxidation sites excluding steroid dienone is 2. The van der Waals surface area contributed by atoms with E-state index < -0.39 is 0 Å². The van der Waals surface area contributed by atoms with E-state index in [-0.39, 0.29) is 6.79 Å². The quantitative estimate of drug-likeness (QED) is 0.556. The third-order valence-corrected chi connectivity index (χ3v) is 1.04. The summed E-state index contributed by atoms with van der Waals surface area (Å²) in [6.07, 6.45) is 3.20. The molecule has 0 aromatic carbocycles. The minimum atomic E-state index is 0.280. The highest BCUT2D eigenvalue weighted by molar-refractivity contribution is 5.23. The summed E-state index contributed by atoms with van der Waals surface area (Å²) < 4.78 is 9.95. The fraction of sp³-hybridized carbons (Fsp3) is 0.143. The van der Waals surface area contributed by atoms with Crippen molar-refractivity contribution in [2.45, 2.75) is 0 Å². The lowest BCUT2D eigenvalue weighted by molar-refractivity contribution is 0.0778. The molecule has 0 spiro atoms. The number of ether oxygens (including phenoxy) is 2. The van der Waals surface area contributed by atoms with Gasteiger partial charge in [-0.25, -0.2) is 0 Å². The number of hydrogen-bond donors (Lipinski definition) is 0. The highest BCUT2D eigenvalue weighted by Gasteiger charge is 2.09. The average Bonchev–Trinajstić information content (AvgIpc) is 2.33. The average molecular weight is 124 g/mol. The van der Waals surface area contributed by atoms with Crippen molar-refractivity contribution in [3.05, 3.63) is 36.8 Å². The summed E-state index contributed by atoms with van der Waals surface area (Å²) >= 11 is 0. The van der Waals surface area contributed by atoms with Gasteiger partial charge < -0.3 is 9.47 Å². The second-order valence-corrected chi connectivity index (χ2v) is 1.54. The summed E-state index contributed by atoms with van der Waals surface area (Å²) in [5.74, 6) is 1.34. The van der Waals surface area contributed by atoms with E-state index in [1.807, 2.05) is 0 Å². The van der Waals surface area contributed by atoms with Crippen LogP contribution >= 0.6 is 0 Å². The maximum absolute atomic E-state index is 4.97. The van der Waals surface area contributed by atoms with Crippen molar-refractivity contribution in [3.8, 4) is 0 Å². The van der Waals surface area contributed by atoms with Gasteiger partial charge in [0.15, 0.2) is 11.5 Å². The van der Waals surface area contributed by atoms with Gasteiger partial charge in [0.2, 0.25) is 6.79 Å². The van der Waals surface area contributed by atoms with E-state index in [2.05, 4.69) is 13.2 Å². The molecular formula is C7H8O2. The van der Waals surface area contributed by atoms with E-state index in [9.17, 15) is 0 Å². The van der Waals surface area contributed by atoms with Gasteiger partial charge in [-0.2, -0.15) is 0 Å². The molecule has 2 nitrogen and oxygen atoms in total. The van der Waals surface area contributed by atoms with Gasteiger partial charge in [-0.3, -0.25) is 0 Å². The molecule has 0 bridgehead atoms. The van der Waals surface area contributed by atoms with Gasteiger partial charge in [0.25, 0.3) is 0 Å². The van der Waals surface area contributed by atoms with Crippen molar-refractivity contribution in [2.24, 2.45) is 0 Å². The van der Waals surface area contributed by atoms with Crippen LogP contribution in [0.25, 0.3) is 0 Å². The molecule has 1 rings (SSSR count). The molecule has 1 aliphatic rings. The minimum absolute atomic E-state index is 0.280. The standard InChI is InChI=1S/C7H8O2/c1-3-6-7(4-2)9-5-8-6/h3-4H,1-2,5H2. The van der Waals surface area contributed by atoms with Gasteiger partial charge in [0.05, 0.1) is 0 Å². The van der Waals surface area contributed by atoms with Gasteiger partial charge in [0.1, 0.15) is 0 Å². The van der Waals surface area contributed by atoms with Crippen LogP contribution in [0.1, 0.15) is 0 Å². The normalized spacial score (nSPS) is 16.4. The second kappa shape index (κ2) is 2.40. The molecule has 0 saturated heterocycles. The first-order valence-corrected chi connectivity index (χ1v) is 2.63. The van der Waals surface area contributed by atoms with Crippen LogP contribution in [0.3, 0.4) is 0 Å². The summed E-state index contributed by atoms with van der Waals surface area (Å²) in [5.41, 5.74) is 0. The predicted octanol–water partition coefficient (Wildman–Crippen LogP) is 1.57. The molecule has 1 aliphatic heterocycles. The van der Waals surface area contributed by atoms with Crippen LogP contribution in [0.15, 0.2) is 36.8 Å². The lowest BCUT2D eigenvalue weighted by atomic mass is 10.4. The first-order chi connectivity index (χ1) is 4.38. The van der Waals surface area contributed by atoms with Gasteiger partial charge in [-0.1, -0.05) is 13.2 Å². The third-order valence-electron chi connectivity index (χ3n) is 1.04. The van der Waals surface area contributed by atoms with Gasteiger partial charge in [-0.15, -0.1) is 0 Å². The molecular weight excluding hydrogens is 116 g/mol. The summed E-state index contributed by atoms with van der Waals surface area (Å²) in [4.78, 5) is 0. The third kappa shape index (κ3) is 0.964. The number of rotatable bonds is 2. The van der Waals surface area contributed by atoms with Gasteiger partial charge >= 0.3 is 0 Å². The Balaban J connectivity index is 2.81. The Morgan fingerprint density at radius 2 is 1.56 bits per heavy atom. The zero-order chi connectivity index (χ0) is 6.69. The SMILES string of the molecule is C=CC1=C(C=C)OCO1. The van der Waals surface area contributed by atoms with Crippen LogP contribution in [0.4, 0.5) is 0 Å². The van der Waals surface area contributed by atoms with E-state index in [4.69, 9.17) is 9.47 Å². The molecule has 9 heavy (non-hydrogen) atoms. The summed E-state index contributed by atoms with van der Waals surface area (Å²) in [7, 11) is 0. The van der Waals surface area contributed by atoms with E-state index >= 15 is 0 Å². The van der Waals surface area contributed by atoms with Crippen molar-refractivity contribution >= 4 is 0 Å². The van der Waals surface area contributed by atoms with Crippen LogP contribution in [0.2, 0.25) is 0 Å². The summed E-state index contributed by atoms with van der Waals surface area (Å²) in [6.45, 7) is 7.34. The zero-order valence-electron chi connectivity index (χ0n) is 5.09. The lowest BCUT2D eigenvalue weighted by Crippen LogP contribution is -1.80. The Morgan fingerprint density at radius 3 is 1.89 bits per heavy atom. The van der Waals surface area contributed by atoms with Crippen LogP contribution in [-0.4, -0.2) is 6.79 Å². The molecule has 0 unspecified atom stereocenters. The van der Waals surface area contributed by atoms with Gasteiger partial charge in [0, 0.05) is 0 Å². The summed E-state index contributed by atoms with van der Waals surface area (Å²) in [5, 5.41) is 0. The smallest absolute Gasteiger partial charge is 0.231 e. The molecule has 0 N–H and O–H groups in total. The maximum Gasteiger partial charge on any atom is 0.231 e. The van der Waals surface area contributed by atoms with Crippen molar-refractivity contribution in [2.75, 3.05) is 6.79 Å². The van der Waals surface area contributed by atoms with Crippen molar-refractivity contribution in [3.63, 3.8) is 0 Å². The highest BCUT2D eigenvalue weighted by Crippen LogP contribution is 2.16. The van der Waals surface area contributed by atoms with E-state index in [0.717, 1.165) is 0 Å². The predicted molar refractivity (Wildman–Crippen MR) is 34.5 cm³/mol. The Labute approximate surface area is 54.1 Å². The largest absolute Gasteiger partial charge is 0.454 e. The molecule has 0 aliphatic carbocycles. The second-order valence-electron chi connectivity index (χ2n) is 1.54. The molecule has 0 atom stereocenters. The maximum atomic E-state index is 4.97. The first-order valence-electron chi connectivity index (χ1n) is 2.63. The molecule has 1 heterocycles. The fourth-order valence-electron chi connectivity index (χ4n) is 0.618. The minimum Gasteiger partial charge on any atom is -0.454 e. The monoisotopic (exact) mass is 124 g/mol. The Kier molecular flexibility index (Phi) is 1.58. The van der Waals surface area contributed by atoms with Crippen molar-refractivity contribution < 1.29 is 9.47 Å². The highest BCUT2D eigenvalue weighted by atomic mass is 16.7. The molecule has 0 amide bonds. The molecule has 0 fully saturated rings. The van der Waals surface area contributed by atoms with Crippen LogP contribution < -0.4 is 0 Å². The Hall–Kier alpha value is -1.18. The molecule has 2 heteroatoms. The Morgan fingerprint density at radius 1 is 1.11 bits per heavy atom. The topological polar surface area (TPSA) is 18.5 Å². The fourth-order valence-corrected chi connectivity index (χ4v) is 0.618. The molecule has 48 valence electrons. The zero-order valence-corrected chi connectivity index (χ0v) is 5.09. The lowest BCUT2D eigenvalue weighted by Gasteiger charge is -1.88. The first kappa shape index (κ1) is 5.95. The molecule has 0 saturated carbocycles. The molecule has 0 aromatic heterocycles. The van der Waals surface area contributed by atoms with E-state index in [1.54, 1.807) is 12.2 Å². The van der Waals surface area contributed by atoms with Gasteiger partial charge in [-0.05, 0) is 12.2 Å². The van der Waals surface area contributed by atoms with Crippen molar-refractivity contribution in [1.29, 1.82) is 0 Å². The van der Waals surface area contributed by atoms with E-state index in [0.29, 0.717) is 11.5 Å².